The Morgan fingerprint density at radius 2 is 2.23 bits per heavy atom. The van der Waals surface area contributed by atoms with E-state index >= 15 is 0 Å². The van der Waals surface area contributed by atoms with Gasteiger partial charge in [0.2, 0.25) is 0 Å². The fraction of sp³-hybridized carbons (Fsp3) is 0.474. The van der Waals surface area contributed by atoms with Gasteiger partial charge in [0, 0.05) is 26.3 Å². The summed E-state index contributed by atoms with van der Waals surface area (Å²) >= 11 is 0. The Morgan fingerprint density at radius 3 is 2.95 bits per heavy atom. The predicted octanol–water partition coefficient (Wildman–Crippen LogP) is 3.21. The lowest BCUT2D eigenvalue weighted by molar-refractivity contribution is 0.268. The summed E-state index contributed by atoms with van der Waals surface area (Å²) in [5.74, 6) is 0.877. The average molecular weight is 299 g/mol. The number of hydrazine groups is 1. The van der Waals surface area contributed by atoms with Crippen molar-refractivity contribution in [2.75, 3.05) is 27.2 Å². The Labute approximate surface area is 135 Å². The summed E-state index contributed by atoms with van der Waals surface area (Å²) < 4.78 is 0. The molecule has 1 unspecified atom stereocenters. The minimum absolute atomic E-state index is 0.877. The minimum Gasteiger partial charge on any atom is -0.326 e. The first kappa shape index (κ1) is 16.8. The van der Waals surface area contributed by atoms with Crippen LogP contribution in [0, 0.1) is 5.92 Å². The lowest BCUT2D eigenvalue weighted by atomic mass is 9.98. The highest BCUT2D eigenvalue weighted by molar-refractivity contribution is 5.23. The molecule has 120 valence electrons. The van der Waals surface area contributed by atoms with Gasteiger partial charge in [-0.15, -0.1) is 0 Å². The van der Waals surface area contributed by atoms with Crippen LogP contribution in [-0.2, 0) is 13.0 Å². The van der Waals surface area contributed by atoms with E-state index < -0.39 is 0 Å². The van der Waals surface area contributed by atoms with Crippen LogP contribution >= 0.6 is 0 Å². The lowest BCUT2D eigenvalue weighted by Crippen LogP contribution is -2.29. The molecule has 0 saturated carbocycles. The Hall–Kier alpha value is -1.58. The van der Waals surface area contributed by atoms with E-state index in [2.05, 4.69) is 60.3 Å². The van der Waals surface area contributed by atoms with Crippen molar-refractivity contribution in [3.8, 4) is 0 Å². The monoisotopic (exact) mass is 299 g/mol. The van der Waals surface area contributed by atoms with E-state index in [1.165, 1.54) is 43.5 Å². The molecule has 0 radical (unpaired) electrons. The molecule has 0 aliphatic carbocycles. The zero-order chi connectivity index (χ0) is 15.8. The van der Waals surface area contributed by atoms with Crippen LogP contribution < -0.4 is 5.43 Å². The van der Waals surface area contributed by atoms with Crippen molar-refractivity contribution in [2.24, 2.45) is 5.92 Å². The normalized spacial score (nSPS) is 19.1. The second kappa shape index (κ2) is 8.76. The molecule has 2 rings (SSSR count). The molecule has 1 aromatic carbocycles. The summed E-state index contributed by atoms with van der Waals surface area (Å²) in [7, 11) is 4.28. The van der Waals surface area contributed by atoms with Crippen molar-refractivity contribution >= 4 is 0 Å². The van der Waals surface area contributed by atoms with Gasteiger partial charge in [0.05, 0.1) is 0 Å². The Bertz CT molecular complexity index is 495. The highest BCUT2D eigenvalue weighted by atomic mass is 15.5. The zero-order valence-electron chi connectivity index (χ0n) is 14.0. The Balaban J connectivity index is 1.81. The highest BCUT2D eigenvalue weighted by Gasteiger charge is 2.18. The number of nitrogens with zero attached hydrogens (tertiary/aromatic N) is 2. The van der Waals surface area contributed by atoms with E-state index in [4.69, 9.17) is 0 Å². The fourth-order valence-electron chi connectivity index (χ4n) is 3.07. The van der Waals surface area contributed by atoms with Crippen molar-refractivity contribution in [1.29, 1.82) is 0 Å². The van der Waals surface area contributed by atoms with E-state index in [1.807, 2.05) is 12.3 Å². The Kier molecular flexibility index (Phi) is 6.69. The van der Waals surface area contributed by atoms with Gasteiger partial charge in [-0.25, -0.2) is 5.01 Å². The summed E-state index contributed by atoms with van der Waals surface area (Å²) in [6, 6.07) is 8.97. The number of aryl methyl sites for hydroxylation is 1. The van der Waals surface area contributed by atoms with Crippen molar-refractivity contribution < 1.29 is 0 Å². The first-order valence-electron chi connectivity index (χ1n) is 8.18. The molecule has 1 N–H and O–H groups in total. The SMILES string of the molecule is C=C/C=C\NN(C)Cc1cccc(CCC2CCN(C)C2)c1. The molecule has 3 nitrogen and oxygen atoms in total. The van der Waals surface area contributed by atoms with Gasteiger partial charge in [-0.2, -0.15) is 0 Å². The van der Waals surface area contributed by atoms with Gasteiger partial charge in [-0.05, 0) is 56.0 Å². The van der Waals surface area contributed by atoms with Gasteiger partial charge < -0.3 is 10.3 Å². The van der Waals surface area contributed by atoms with E-state index in [9.17, 15) is 0 Å². The first-order chi connectivity index (χ1) is 10.7. The molecule has 1 atom stereocenters. The van der Waals surface area contributed by atoms with Crippen LogP contribution in [0.3, 0.4) is 0 Å². The average Bonchev–Trinajstić information content (AvgIpc) is 2.91. The van der Waals surface area contributed by atoms with E-state index in [0.717, 1.165) is 12.5 Å². The number of allylic oxidation sites excluding steroid dienone is 2. The molecule has 1 saturated heterocycles. The van der Waals surface area contributed by atoms with E-state index in [-0.39, 0.29) is 0 Å². The van der Waals surface area contributed by atoms with Crippen LogP contribution in [0.2, 0.25) is 0 Å². The topological polar surface area (TPSA) is 18.5 Å². The maximum Gasteiger partial charge on any atom is 0.0426 e. The zero-order valence-corrected chi connectivity index (χ0v) is 14.0. The molecule has 0 amide bonds. The van der Waals surface area contributed by atoms with E-state index in [0.29, 0.717) is 0 Å². The summed E-state index contributed by atoms with van der Waals surface area (Å²) in [6.07, 6.45) is 9.42. The molecular weight excluding hydrogens is 270 g/mol. The number of likely N-dealkylation sites (tertiary alicyclic amines) is 1. The third-order valence-corrected chi connectivity index (χ3v) is 4.27. The van der Waals surface area contributed by atoms with Crippen molar-refractivity contribution in [3.63, 3.8) is 0 Å². The van der Waals surface area contributed by atoms with E-state index in [1.54, 1.807) is 6.08 Å². The third kappa shape index (κ3) is 5.66. The van der Waals surface area contributed by atoms with Crippen molar-refractivity contribution in [2.45, 2.75) is 25.8 Å². The largest absolute Gasteiger partial charge is 0.326 e. The molecule has 0 spiro atoms. The first-order valence-corrected chi connectivity index (χ1v) is 8.18. The van der Waals surface area contributed by atoms with Crippen LogP contribution in [0.4, 0.5) is 0 Å². The number of nitrogens with one attached hydrogen (secondary N) is 1. The third-order valence-electron chi connectivity index (χ3n) is 4.27. The van der Waals surface area contributed by atoms with Crippen molar-refractivity contribution in [1.82, 2.24) is 15.3 Å². The molecule has 3 heteroatoms. The standard InChI is InChI=1S/C19H29N3/c1-4-5-12-20-22(3)16-19-8-6-7-17(14-19)9-10-18-11-13-21(2)15-18/h4-8,12,14,18,20H,1,9-11,13,15-16H2,2-3H3/b12-5-. The molecule has 1 heterocycles. The molecule has 1 fully saturated rings. The van der Waals surface area contributed by atoms with Crippen molar-refractivity contribution in [3.05, 3.63) is 60.3 Å². The quantitative estimate of drug-likeness (QED) is 0.587. The van der Waals surface area contributed by atoms with Crippen LogP contribution in [0.25, 0.3) is 0 Å². The second-order valence-electron chi connectivity index (χ2n) is 6.36. The van der Waals surface area contributed by atoms with Gasteiger partial charge in [0.15, 0.2) is 0 Å². The predicted molar refractivity (Wildman–Crippen MR) is 94.3 cm³/mol. The van der Waals surface area contributed by atoms with Gasteiger partial charge >= 0.3 is 0 Å². The number of hydrogen-bond donors (Lipinski definition) is 1. The second-order valence-corrected chi connectivity index (χ2v) is 6.36. The maximum absolute atomic E-state index is 3.66. The number of rotatable bonds is 8. The molecule has 22 heavy (non-hydrogen) atoms. The number of benzene rings is 1. The molecule has 1 aliphatic rings. The summed E-state index contributed by atoms with van der Waals surface area (Å²) in [4.78, 5) is 2.44. The lowest BCUT2D eigenvalue weighted by Gasteiger charge is -2.17. The summed E-state index contributed by atoms with van der Waals surface area (Å²) in [5.41, 5.74) is 6.02. The summed E-state index contributed by atoms with van der Waals surface area (Å²) in [5, 5.41) is 2.07. The fourth-order valence-corrected chi connectivity index (χ4v) is 3.07. The van der Waals surface area contributed by atoms with Gasteiger partial charge in [-0.3, -0.25) is 0 Å². The molecular formula is C19H29N3. The van der Waals surface area contributed by atoms with Gasteiger partial charge in [0.25, 0.3) is 0 Å². The van der Waals surface area contributed by atoms with Crippen LogP contribution in [0.15, 0.2) is 49.2 Å². The molecule has 1 aromatic rings. The summed E-state index contributed by atoms with van der Waals surface area (Å²) in [6.45, 7) is 7.08. The van der Waals surface area contributed by atoms with Crippen LogP contribution in [0.5, 0.6) is 0 Å². The minimum atomic E-state index is 0.877. The smallest absolute Gasteiger partial charge is 0.0426 e. The maximum atomic E-state index is 3.66. The van der Waals surface area contributed by atoms with Gasteiger partial charge in [0.1, 0.15) is 0 Å². The highest BCUT2D eigenvalue weighted by Crippen LogP contribution is 2.20. The van der Waals surface area contributed by atoms with Crippen LogP contribution in [0.1, 0.15) is 24.0 Å². The molecule has 0 bridgehead atoms. The van der Waals surface area contributed by atoms with Crippen LogP contribution in [-0.4, -0.2) is 37.1 Å². The van der Waals surface area contributed by atoms with Gasteiger partial charge in [-0.1, -0.05) is 36.9 Å². The molecule has 1 aliphatic heterocycles. The Morgan fingerprint density at radius 1 is 1.41 bits per heavy atom. The molecule has 0 aromatic heterocycles. The number of hydrogen-bond acceptors (Lipinski definition) is 3.